The van der Waals surface area contributed by atoms with Crippen LogP contribution in [0.1, 0.15) is 18.1 Å². The van der Waals surface area contributed by atoms with Crippen molar-refractivity contribution in [3.8, 4) is 11.5 Å². The van der Waals surface area contributed by atoms with Gasteiger partial charge in [-0.3, -0.25) is 9.69 Å². The van der Waals surface area contributed by atoms with Gasteiger partial charge in [-0.15, -0.1) is 0 Å². The molecule has 2 aromatic rings. The first-order valence-corrected chi connectivity index (χ1v) is 11.8. The third kappa shape index (κ3) is 5.00. The van der Waals surface area contributed by atoms with Crippen LogP contribution >= 0.6 is 0 Å². The topological polar surface area (TPSA) is 88.2 Å². The van der Waals surface area contributed by atoms with Crippen LogP contribution in [0.4, 0.5) is 0 Å². The summed E-state index contributed by atoms with van der Waals surface area (Å²) in [6.07, 6.45) is 0. The molecule has 2 aromatic carbocycles. The molecule has 4 rings (SSSR count). The van der Waals surface area contributed by atoms with Gasteiger partial charge in [0.1, 0.15) is 0 Å². The first kappa shape index (κ1) is 21.6. The molecule has 2 aliphatic rings. The summed E-state index contributed by atoms with van der Waals surface area (Å²) in [7, 11) is -3.75. The fourth-order valence-corrected chi connectivity index (χ4v) is 4.96. The van der Waals surface area contributed by atoms with Crippen molar-refractivity contribution in [1.29, 1.82) is 0 Å². The molecule has 0 aromatic heterocycles. The third-order valence-corrected chi connectivity index (χ3v) is 7.12. The van der Waals surface area contributed by atoms with Gasteiger partial charge in [-0.1, -0.05) is 23.8 Å². The van der Waals surface area contributed by atoms with Crippen LogP contribution in [0.15, 0.2) is 47.4 Å². The lowest BCUT2D eigenvalue weighted by Crippen LogP contribution is -2.53. The predicted molar refractivity (Wildman–Crippen MR) is 115 cm³/mol. The van der Waals surface area contributed by atoms with Gasteiger partial charge in [-0.25, -0.2) is 8.42 Å². The Morgan fingerprint density at radius 2 is 1.71 bits per heavy atom. The number of aryl methyl sites for hydroxylation is 1. The lowest BCUT2D eigenvalue weighted by molar-refractivity contribution is -0.134. The number of nitrogens with zero attached hydrogens (tertiary/aromatic N) is 2. The maximum Gasteiger partial charge on any atom is 0.241 e. The summed E-state index contributed by atoms with van der Waals surface area (Å²) >= 11 is 0. The van der Waals surface area contributed by atoms with E-state index in [0.717, 1.165) is 42.3 Å². The highest BCUT2D eigenvalue weighted by molar-refractivity contribution is 7.89. The molecule has 1 saturated heterocycles. The number of sulfonamides is 1. The van der Waals surface area contributed by atoms with E-state index in [-0.39, 0.29) is 17.6 Å². The van der Waals surface area contributed by atoms with Crippen LogP contribution in [-0.2, 0) is 21.4 Å². The second kappa shape index (κ2) is 8.86. The van der Waals surface area contributed by atoms with Gasteiger partial charge >= 0.3 is 0 Å². The zero-order valence-corrected chi connectivity index (χ0v) is 18.5. The second-order valence-electron chi connectivity index (χ2n) is 7.95. The number of hydrogen-bond donors (Lipinski definition) is 1. The molecule has 8 nitrogen and oxygen atoms in total. The van der Waals surface area contributed by atoms with Crippen molar-refractivity contribution in [2.75, 3.05) is 33.0 Å². The second-order valence-corrected chi connectivity index (χ2v) is 9.66. The molecule has 0 unspecified atom stereocenters. The quantitative estimate of drug-likeness (QED) is 0.729. The van der Waals surface area contributed by atoms with E-state index in [2.05, 4.69) is 9.62 Å². The number of fused-ring (bicyclic) bond motifs is 1. The highest BCUT2D eigenvalue weighted by Crippen LogP contribution is 2.32. The zero-order valence-electron chi connectivity index (χ0n) is 17.7. The van der Waals surface area contributed by atoms with E-state index < -0.39 is 16.1 Å². The molecule has 0 spiro atoms. The van der Waals surface area contributed by atoms with Crippen molar-refractivity contribution in [3.05, 3.63) is 53.6 Å². The largest absolute Gasteiger partial charge is 0.454 e. The van der Waals surface area contributed by atoms with Gasteiger partial charge in [-0.2, -0.15) is 4.72 Å². The number of hydrogen-bond acceptors (Lipinski definition) is 6. The molecule has 0 bridgehead atoms. The van der Waals surface area contributed by atoms with Gasteiger partial charge in [0, 0.05) is 32.7 Å². The average Bonchev–Trinajstić information content (AvgIpc) is 3.22. The molecule has 0 saturated carbocycles. The van der Waals surface area contributed by atoms with Crippen LogP contribution in [0.5, 0.6) is 11.5 Å². The molecule has 2 aliphatic heterocycles. The molecule has 2 heterocycles. The highest BCUT2D eigenvalue weighted by atomic mass is 32.2. The molecule has 1 atom stereocenters. The summed E-state index contributed by atoms with van der Waals surface area (Å²) in [6, 6.07) is 11.7. The Morgan fingerprint density at radius 3 is 2.42 bits per heavy atom. The summed E-state index contributed by atoms with van der Waals surface area (Å²) in [4.78, 5) is 16.9. The van der Waals surface area contributed by atoms with E-state index in [1.165, 1.54) is 0 Å². The Bertz CT molecular complexity index is 1050. The van der Waals surface area contributed by atoms with E-state index in [4.69, 9.17) is 9.47 Å². The smallest absolute Gasteiger partial charge is 0.241 e. The fourth-order valence-electron chi connectivity index (χ4n) is 3.77. The number of piperazine rings is 1. The van der Waals surface area contributed by atoms with Crippen LogP contribution < -0.4 is 14.2 Å². The van der Waals surface area contributed by atoms with E-state index in [1.54, 1.807) is 36.1 Å². The van der Waals surface area contributed by atoms with Crippen LogP contribution in [0.25, 0.3) is 0 Å². The maximum atomic E-state index is 12.8. The first-order chi connectivity index (χ1) is 14.8. The van der Waals surface area contributed by atoms with E-state index in [9.17, 15) is 13.2 Å². The van der Waals surface area contributed by atoms with Crippen LogP contribution in [-0.4, -0.2) is 63.1 Å². The van der Waals surface area contributed by atoms with Gasteiger partial charge in [-0.05, 0) is 43.7 Å². The normalized spacial score (nSPS) is 17.5. The first-order valence-electron chi connectivity index (χ1n) is 10.3. The fraction of sp³-hybridized carbons (Fsp3) is 0.409. The van der Waals surface area contributed by atoms with Crippen LogP contribution in [0.2, 0.25) is 0 Å². The number of rotatable bonds is 6. The SMILES string of the molecule is Cc1ccc(S(=O)(=O)N[C@@H](C)C(=O)N2CCN(Cc3ccc4c(c3)OCO4)CC2)cc1. The van der Waals surface area contributed by atoms with Crippen molar-refractivity contribution in [2.24, 2.45) is 0 Å². The van der Waals surface area contributed by atoms with Crippen molar-refractivity contribution < 1.29 is 22.7 Å². The van der Waals surface area contributed by atoms with E-state index in [0.29, 0.717) is 13.1 Å². The molecule has 1 amide bonds. The third-order valence-electron chi connectivity index (χ3n) is 5.56. The Hall–Kier alpha value is -2.62. The summed E-state index contributed by atoms with van der Waals surface area (Å²) in [5, 5.41) is 0. The van der Waals surface area contributed by atoms with Gasteiger partial charge in [0.25, 0.3) is 0 Å². The molecule has 166 valence electrons. The zero-order chi connectivity index (χ0) is 22.0. The number of carbonyl (C=O) groups excluding carboxylic acids is 1. The monoisotopic (exact) mass is 445 g/mol. The number of carbonyl (C=O) groups is 1. The Morgan fingerprint density at radius 1 is 1.03 bits per heavy atom. The van der Waals surface area contributed by atoms with Crippen molar-refractivity contribution in [1.82, 2.24) is 14.5 Å². The van der Waals surface area contributed by atoms with Crippen molar-refractivity contribution >= 4 is 15.9 Å². The van der Waals surface area contributed by atoms with E-state index in [1.807, 2.05) is 25.1 Å². The van der Waals surface area contributed by atoms with Gasteiger partial charge < -0.3 is 14.4 Å². The minimum atomic E-state index is -3.75. The molecule has 9 heteroatoms. The lowest BCUT2D eigenvalue weighted by Gasteiger charge is -2.36. The molecule has 0 aliphatic carbocycles. The number of amides is 1. The van der Waals surface area contributed by atoms with Crippen LogP contribution in [0, 0.1) is 6.92 Å². The lowest BCUT2D eigenvalue weighted by atomic mass is 10.1. The van der Waals surface area contributed by atoms with Crippen LogP contribution in [0.3, 0.4) is 0 Å². The molecule has 1 N–H and O–H groups in total. The van der Waals surface area contributed by atoms with Gasteiger partial charge in [0.2, 0.25) is 22.7 Å². The summed E-state index contributed by atoms with van der Waals surface area (Å²) in [5.41, 5.74) is 2.10. The van der Waals surface area contributed by atoms with Gasteiger partial charge in [0.15, 0.2) is 11.5 Å². The maximum absolute atomic E-state index is 12.8. The minimum Gasteiger partial charge on any atom is -0.454 e. The Labute approximate surface area is 182 Å². The average molecular weight is 446 g/mol. The summed E-state index contributed by atoms with van der Waals surface area (Å²) < 4.78 is 38.4. The molecule has 1 fully saturated rings. The van der Waals surface area contributed by atoms with Gasteiger partial charge in [0.05, 0.1) is 10.9 Å². The Balaban J connectivity index is 1.30. The minimum absolute atomic E-state index is 0.159. The number of benzene rings is 2. The summed E-state index contributed by atoms with van der Waals surface area (Å²) in [6.45, 7) is 7.05. The predicted octanol–water partition coefficient (Wildman–Crippen LogP) is 1.73. The highest BCUT2D eigenvalue weighted by Gasteiger charge is 2.28. The Kier molecular flexibility index (Phi) is 6.17. The standard InChI is InChI=1S/C22H27N3O5S/c1-16-3-6-19(7-4-16)31(27,28)23-17(2)22(26)25-11-9-24(10-12-25)14-18-5-8-20-21(13-18)30-15-29-20/h3-8,13,17,23H,9-12,14-15H2,1-2H3/t17-/m0/s1. The molecule has 31 heavy (non-hydrogen) atoms. The van der Waals surface area contributed by atoms with Crippen molar-refractivity contribution in [2.45, 2.75) is 31.3 Å². The molecular weight excluding hydrogens is 418 g/mol. The number of nitrogens with one attached hydrogen (secondary N) is 1. The molecular formula is C22H27N3O5S. The van der Waals surface area contributed by atoms with E-state index >= 15 is 0 Å². The molecule has 0 radical (unpaired) electrons. The van der Waals surface area contributed by atoms with Crippen molar-refractivity contribution in [3.63, 3.8) is 0 Å². The summed E-state index contributed by atoms with van der Waals surface area (Å²) in [5.74, 6) is 1.32. The number of ether oxygens (including phenoxy) is 2.